The van der Waals surface area contributed by atoms with Gasteiger partial charge in [-0.1, -0.05) is 29.3 Å². The van der Waals surface area contributed by atoms with Crippen LogP contribution in [-0.4, -0.2) is 35.8 Å². The maximum absolute atomic E-state index is 12.5. The highest BCUT2D eigenvalue weighted by molar-refractivity contribution is 6.21. The molecular formula is C18H14N2O5. The summed E-state index contributed by atoms with van der Waals surface area (Å²) in [5, 5.41) is 0.442. The zero-order chi connectivity index (χ0) is 18.1. The lowest BCUT2D eigenvalue weighted by molar-refractivity contribution is -0.116. The number of anilines is 1. The molecule has 0 aliphatic carbocycles. The second kappa shape index (κ2) is 6.20. The van der Waals surface area contributed by atoms with Crippen LogP contribution in [0.3, 0.4) is 0 Å². The summed E-state index contributed by atoms with van der Waals surface area (Å²) in [4.78, 5) is 54.9. The molecule has 126 valence electrons. The number of imide groups is 1. The molecule has 0 spiro atoms. The van der Waals surface area contributed by atoms with Gasteiger partial charge in [-0.05, 0) is 24.3 Å². The first-order valence-electron chi connectivity index (χ1n) is 7.45. The molecule has 2 aromatic rings. The van der Waals surface area contributed by atoms with Crippen molar-refractivity contribution in [1.29, 1.82) is 0 Å². The molecule has 0 atom stereocenters. The molecule has 0 N–H and O–H groups in total. The number of benzene rings is 2. The van der Waals surface area contributed by atoms with Crippen LogP contribution in [0.2, 0.25) is 0 Å². The highest BCUT2D eigenvalue weighted by Gasteiger charge is 2.39. The van der Waals surface area contributed by atoms with Gasteiger partial charge in [0.05, 0.1) is 22.4 Å². The highest BCUT2D eigenvalue weighted by atomic mass is 16.7. The summed E-state index contributed by atoms with van der Waals surface area (Å²) in [6, 6.07) is 12.5. The van der Waals surface area contributed by atoms with E-state index in [9.17, 15) is 19.2 Å². The number of para-hydroxylation sites is 1. The molecule has 2 aromatic carbocycles. The third kappa shape index (κ3) is 2.76. The number of rotatable bonds is 3. The Morgan fingerprint density at radius 1 is 0.920 bits per heavy atom. The molecule has 3 amide bonds. The lowest BCUT2D eigenvalue weighted by Gasteiger charge is -2.19. The van der Waals surface area contributed by atoms with E-state index < -0.39 is 17.8 Å². The Bertz CT molecular complexity index is 871. The fourth-order valence-corrected chi connectivity index (χ4v) is 2.49. The van der Waals surface area contributed by atoms with Crippen LogP contribution in [0.15, 0.2) is 48.5 Å². The summed E-state index contributed by atoms with van der Waals surface area (Å²) < 4.78 is 0. The zero-order valence-electron chi connectivity index (χ0n) is 13.6. The molecule has 1 aliphatic rings. The first kappa shape index (κ1) is 16.4. The van der Waals surface area contributed by atoms with Gasteiger partial charge in [-0.25, -0.2) is 4.79 Å². The number of nitrogens with zero attached hydrogens (tertiary/aromatic N) is 2. The fraction of sp³-hybridized carbons (Fsp3) is 0.111. The van der Waals surface area contributed by atoms with Crippen LogP contribution >= 0.6 is 0 Å². The molecule has 0 unspecified atom stereocenters. The number of hydrogen-bond acceptors (Lipinski definition) is 5. The Labute approximate surface area is 143 Å². The van der Waals surface area contributed by atoms with Crippen molar-refractivity contribution in [2.45, 2.75) is 6.92 Å². The Morgan fingerprint density at radius 3 is 2.00 bits per heavy atom. The molecular weight excluding hydrogens is 324 g/mol. The Kier molecular flexibility index (Phi) is 4.06. The molecule has 0 bridgehead atoms. The standard InChI is InChI=1S/C18H14N2O5/c1-11(21)19(2)15-10-6-5-9-14(15)18(24)25-20-16(22)12-7-3-4-8-13(12)17(20)23/h3-10H,1-2H3. The number of carbonyl (C=O) groups is 4. The first-order valence-corrected chi connectivity index (χ1v) is 7.45. The SMILES string of the molecule is CC(=O)N(C)c1ccccc1C(=O)ON1C(=O)c2ccccc2C1=O. The van der Waals surface area contributed by atoms with Gasteiger partial charge in [0, 0.05) is 14.0 Å². The summed E-state index contributed by atoms with van der Waals surface area (Å²) in [5.74, 6) is -2.59. The maximum Gasteiger partial charge on any atom is 0.366 e. The van der Waals surface area contributed by atoms with E-state index in [1.54, 1.807) is 30.3 Å². The topological polar surface area (TPSA) is 84.0 Å². The molecule has 0 saturated carbocycles. The molecule has 1 aliphatic heterocycles. The van der Waals surface area contributed by atoms with E-state index in [1.165, 1.54) is 37.1 Å². The van der Waals surface area contributed by atoms with Crippen molar-refractivity contribution in [3.05, 3.63) is 65.2 Å². The first-order chi connectivity index (χ1) is 11.9. The largest absolute Gasteiger partial charge is 0.366 e. The smallest absolute Gasteiger partial charge is 0.324 e. The van der Waals surface area contributed by atoms with E-state index in [1.807, 2.05) is 0 Å². The van der Waals surface area contributed by atoms with Gasteiger partial charge in [0.25, 0.3) is 11.8 Å². The van der Waals surface area contributed by atoms with Crippen LogP contribution in [0.25, 0.3) is 0 Å². The van der Waals surface area contributed by atoms with E-state index >= 15 is 0 Å². The van der Waals surface area contributed by atoms with Gasteiger partial charge in [-0.2, -0.15) is 0 Å². The lowest BCUT2D eigenvalue weighted by Crippen LogP contribution is -2.33. The van der Waals surface area contributed by atoms with E-state index in [2.05, 4.69) is 0 Å². The maximum atomic E-state index is 12.5. The van der Waals surface area contributed by atoms with Gasteiger partial charge in [0.15, 0.2) is 0 Å². The molecule has 0 fully saturated rings. The van der Waals surface area contributed by atoms with Crippen LogP contribution in [0.4, 0.5) is 5.69 Å². The third-order valence-electron chi connectivity index (χ3n) is 3.89. The number of fused-ring (bicyclic) bond motifs is 1. The van der Waals surface area contributed by atoms with Crippen LogP contribution in [0.5, 0.6) is 0 Å². The zero-order valence-corrected chi connectivity index (χ0v) is 13.6. The van der Waals surface area contributed by atoms with Crippen molar-refractivity contribution in [2.24, 2.45) is 0 Å². The van der Waals surface area contributed by atoms with E-state index in [4.69, 9.17) is 4.84 Å². The Morgan fingerprint density at radius 2 is 1.44 bits per heavy atom. The van der Waals surface area contributed by atoms with E-state index in [0.29, 0.717) is 10.8 Å². The van der Waals surface area contributed by atoms with Gasteiger partial charge in [-0.3, -0.25) is 14.4 Å². The minimum atomic E-state index is -0.904. The predicted octanol–water partition coefficient (Wildman–Crippen LogP) is 2.04. The second-order valence-electron chi connectivity index (χ2n) is 5.42. The van der Waals surface area contributed by atoms with Crippen molar-refractivity contribution in [3.63, 3.8) is 0 Å². The predicted molar refractivity (Wildman–Crippen MR) is 87.9 cm³/mol. The number of hydroxylamine groups is 2. The molecule has 0 aromatic heterocycles. The molecule has 7 nitrogen and oxygen atoms in total. The second-order valence-corrected chi connectivity index (χ2v) is 5.42. The molecule has 0 radical (unpaired) electrons. The highest BCUT2D eigenvalue weighted by Crippen LogP contribution is 2.25. The average Bonchev–Trinajstić information content (AvgIpc) is 2.86. The van der Waals surface area contributed by atoms with Gasteiger partial charge < -0.3 is 9.74 Å². The lowest BCUT2D eigenvalue weighted by atomic mass is 10.1. The van der Waals surface area contributed by atoms with E-state index in [-0.39, 0.29) is 22.6 Å². The van der Waals surface area contributed by atoms with Crippen molar-refractivity contribution < 1.29 is 24.0 Å². The minimum Gasteiger partial charge on any atom is -0.324 e. The quantitative estimate of drug-likeness (QED) is 0.800. The van der Waals surface area contributed by atoms with Gasteiger partial charge in [-0.15, -0.1) is 0 Å². The van der Waals surface area contributed by atoms with Crippen molar-refractivity contribution >= 4 is 29.4 Å². The average molecular weight is 338 g/mol. The molecule has 1 heterocycles. The van der Waals surface area contributed by atoms with Gasteiger partial charge in [0.1, 0.15) is 0 Å². The van der Waals surface area contributed by atoms with Crippen molar-refractivity contribution in [2.75, 3.05) is 11.9 Å². The normalized spacial score (nSPS) is 12.8. The monoisotopic (exact) mass is 338 g/mol. The molecule has 7 heteroatoms. The molecule has 3 rings (SSSR count). The van der Waals surface area contributed by atoms with Crippen LogP contribution < -0.4 is 4.90 Å². The summed E-state index contributed by atoms with van der Waals surface area (Å²) in [5.41, 5.74) is 0.734. The molecule has 0 saturated heterocycles. The summed E-state index contributed by atoms with van der Waals surface area (Å²) in [6.07, 6.45) is 0. The third-order valence-corrected chi connectivity index (χ3v) is 3.89. The summed E-state index contributed by atoms with van der Waals surface area (Å²) >= 11 is 0. The van der Waals surface area contributed by atoms with Crippen LogP contribution in [0, 0.1) is 0 Å². The number of carbonyl (C=O) groups excluding carboxylic acids is 4. The summed E-state index contributed by atoms with van der Waals surface area (Å²) in [7, 11) is 1.51. The Hall–Kier alpha value is -3.48. The minimum absolute atomic E-state index is 0.0664. The van der Waals surface area contributed by atoms with Crippen LogP contribution in [0.1, 0.15) is 38.0 Å². The van der Waals surface area contributed by atoms with Crippen molar-refractivity contribution in [3.8, 4) is 0 Å². The van der Waals surface area contributed by atoms with Crippen LogP contribution in [-0.2, 0) is 9.63 Å². The fourth-order valence-electron chi connectivity index (χ4n) is 2.49. The van der Waals surface area contributed by atoms with Gasteiger partial charge in [0.2, 0.25) is 5.91 Å². The van der Waals surface area contributed by atoms with Crippen molar-refractivity contribution in [1.82, 2.24) is 5.06 Å². The number of hydrogen-bond donors (Lipinski definition) is 0. The molecule has 25 heavy (non-hydrogen) atoms. The van der Waals surface area contributed by atoms with E-state index in [0.717, 1.165) is 0 Å². The number of amides is 3. The van der Waals surface area contributed by atoms with Gasteiger partial charge >= 0.3 is 5.97 Å². The summed E-state index contributed by atoms with van der Waals surface area (Å²) in [6.45, 7) is 1.35. The Balaban J connectivity index is 1.89.